The van der Waals surface area contributed by atoms with Crippen molar-refractivity contribution in [3.63, 3.8) is 0 Å². The number of phenols is 1. The number of amides is 3. The zero-order valence-corrected chi connectivity index (χ0v) is 20.8. The lowest BCUT2D eigenvalue weighted by atomic mass is 10.0. The van der Waals surface area contributed by atoms with Crippen molar-refractivity contribution in [2.45, 2.75) is 56.3 Å². The summed E-state index contributed by atoms with van der Waals surface area (Å²) in [7, 11) is 0. The number of imidazole rings is 1. The molecule has 0 fully saturated rings. The van der Waals surface area contributed by atoms with E-state index in [-0.39, 0.29) is 18.6 Å². The molecule has 2 rings (SSSR count). The molecule has 4 atom stereocenters. The van der Waals surface area contributed by atoms with Gasteiger partial charge in [0.2, 0.25) is 17.7 Å². The number of aromatic amines is 1. The molecule has 11 N–H and O–H groups in total. The number of aromatic nitrogens is 2. The third-order valence-corrected chi connectivity index (χ3v) is 5.72. The predicted octanol–water partition coefficient (Wildman–Crippen LogP) is -2.11. The summed E-state index contributed by atoms with van der Waals surface area (Å²) < 4.78 is 0. The molecule has 0 aliphatic rings. The first kappa shape index (κ1) is 30.2. The molecular weight excluding hydrogens is 498 g/mol. The van der Waals surface area contributed by atoms with E-state index < -0.39 is 54.5 Å². The number of aromatic hydroxyl groups is 1. The first-order valence-corrected chi connectivity index (χ1v) is 12.1. The number of carboxylic acid groups (broad SMARTS) is 1. The SMILES string of the molecule is NCCCCC(N)C(=O)NC(Cc1cnc[nH]1)C(=O)NC(Cc1ccc(O)cc1)C(=O)NC(CO)C(=O)O. The van der Waals surface area contributed by atoms with Gasteiger partial charge in [-0.05, 0) is 37.1 Å². The van der Waals surface area contributed by atoms with Crippen LogP contribution in [0, 0.1) is 0 Å². The number of H-pyrrole nitrogens is 1. The van der Waals surface area contributed by atoms with Crippen LogP contribution >= 0.6 is 0 Å². The summed E-state index contributed by atoms with van der Waals surface area (Å²) >= 11 is 0. The molecule has 14 heteroatoms. The summed E-state index contributed by atoms with van der Waals surface area (Å²) in [6, 6.07) is 0.968. The first-order chi connectivity index (χ1) is 18.1. The number of rotatable bonds is 16. The van der Waals surface area contributed by atoms with Gasteiger partial charge < -0.3 is 47.7 Å². The van der Waals surface area contributed by atoms with Gasteiger partial charge in [0.25, 0.3) is 0 Å². The highest BCUT2D eigenvalue weighted by Crippen LogP contribution is 2.12. The van der Waals surface area contributed by atoms with Crippen LogP contribution in [0.2, 0.25) is 0 Å². The van der Waals surface area contributed by atoms with E-state index in [4.69, 9.17) is 11.5 Å². The van der Waals surface area contributed by atoms with Crippen molar-refractivity contribution in [3.05, 3.63) is 48.0 Å². The van der Waals surface area contributed by atoms with Crippen LogP contribution < -0.4 is 27.4 Å². The molecule has 0 aliphatic heterocycles. The Bertz CT molecular complexity index is 1050. The van der Waals surface area contributed by atoms with Crippen LogP contribution in [0.1, 0.15) is 30.5 Å². The Balaban J connectivity index is 2.23. The van der Waals surface area contributed by atoms with E-state index >= 15 is 0 Å². The fourth-order valence-electron chi connectivity index (χ4n) is 3.55. The molecule has 208 valence electrons. The Morgan fingerprint density at radius 2 is 1.53 bits per heavy atom. The number of carbonyl (C=O) groups excluding carboxylic acids is 3. The molecular formula is C24H35N7O7. The summed E-state index contributed by atoms with van der Waals surface area (Å²) in [6.45, 7) is -0.399. The Kier molecular flexibility index (Phi) is 12.2. The summed E-state index contributed by atoms with van der Waals surface area (Å²) in [5.74, 6) is -3.61. The van der Waals surface area contributed by atoms with Crippen molar-refractivity contribution in [1.29, 1.82) is 0 Å². The second-order valence-electron chi connectivity index (χ2n) is 8.75. The van der Waals surface area contributed by atoms with Crippen LogP contribution in [0.3, 0.4) is 0 Å². The highest BCUT2D eigenvalue weighted by molar-refractivity contribution is 5.94. The molecule has 0 spiro atoms. The number of aliphatic hydroxyl groups is 1. The van der Waals surface area contributed by atoms with Crippen molar-refractivity contribution >= 4 is 23.7 Å². The number of nitrogens with zero attached hydrogens (tertiary/aromatic N) is 1. The number of hydrogen-bond acceptors (Lipinski definition) is 9. The predicted molar refractivity (Wildman–Crippen MR) is 135 cm³/mol. The van der Waals surface area contributed by atoms with Gasteiger partial charge >= 0.3 is 5.97 Å². The Morgan fingerprint density at radius 1 is 0.921 bits per heavy atom. The van der Waals surface area contributed by atoms with Crippen LogP contribution in [0.25, 0.3) is 0 Å². The first-order valence-electron chi connectivity index (χ1n) is 12.1. The minimum atomic E-state index is -1.59. The average Bonchev–Trinajstić information content (AvgIpc) is 3.40. The zero-order chi connectivity index (χ0) is 28.1. The van der Waals surface area contributed by atoms with Gasteiger partial charge in [0, 0.05) is 24.7 Å². The summed E-state index contributed by atoms with van der Waals surface area (Å²) in [6.07, 6.45) is 4.52. The average molecular weight is 534 g/mol. The number of unbranched alkanes of at least 4 members (excludes halogenated alkanes) is 1. The van der Waals surface area contributed by atoms with Crippen molar-refractivity contribution in [1.82, 2.24) is 25.9 Å². The second kappa shape index (κ2) is 15.3. The monoisotopic (exact) mass is 533 g/mol. The summed E-state index contributed by atoms with van der Waals surface area (Å²) in [5.41, 5.74) is 12.5. The molecule has 14 nitrogen and oxygen atoms in total. The Hall–Kier alpha value is -4.01. The maximum absolute atomic E-state index is 13.3. The summed E-state index contributed by atoms with van der Waals surface area (Å²) in [4.78, 5) is 57.1. The Labute approximate surface area is 219 Å². The molecule has 2 aromatic rings. The van der Waals surface area contributed by atoms with Crippen molar-refractivity contribution in [2.75, 3.05) is 13.2 Å². The van der Waals surface area contributed by atoms with Crippen molar-refractivity contribution < 1.29 is 34.5 Å². The van der Waals surface area contributed by atoms with E-state index in [0.717, 1.165) is 0 Å². The van der Waals surface area contributed by atoms with Gasteiger partial charge in [-0.15, -0.1) is 0 Å². The van der Waals surface area contributed by atoms with Crippen LogP contribution in [-0.4, -0.2) is 86.3 Å². The molecule has 0 aliphatic carbocycles. The number of carbonyl (C=O) groups is 4. The highest BCUT2D eigenvalue weighted by Gasteiger charge is 2.30. The van der Waals surface area contributed by atoms with Crippen molar-refractivity contribution in [2.24, 2.45) is 11.5 Å². The number of aliphatic carboxylic acids is 1. The van der Waals surface area contributed by atoms with Gasteiger partial charge in [-0.25, -0.2) is 9.78 Å². The number of aliphatic hydroxyl groups excluding tert-OH is 1. The molecule has 3 amide bonds. The maximum atomic E-state index is 13.3. The fraction of sp³-hybridized carbons (Fsp3) is 0.458. The molecule has 0 bridgehead atoms. The fourth-order valence-corrected chi connectivity index (χ4v) is 3.55. The van der Waals surface area contributed by atoms with Crippen LogP contribution in [0.15, 0.2) is 36.8 Å². The van der Waals surface area contributed by atoms with Gasteiger partial charge in [-0.2, -0.15) is 0 Å². The van der Waals surface area contributed by atoms with Gasteiger partial charge in [0.05, 0.1) is 19.0 Å². The van der Waals surface area contributed by atoms with E-state index in [9.17, 15) is 34.5 Å². The van der Waals surface area contributed by atoms with E-state index in [1.54, 1.807) is 0 Å². The number of carboxylic acids is 1. The Morgan fingerprint density at radius 3 is 2.08 bits per heavy atom. The molecule has 1 aromatic heterocycles. The minimum Gasteiger partial charge on any atom is -0.508 e. The lowest BCUT2D eigenvalue weighted by Gasteiger charge is -2.25. The lowest BCUT2D eigenvalue weighted by Crippen LogP contribution is -2.58. The van der Waals surface area contributed by atoms with Crippen LogP contribution in [-0.2, 0) is 32.0 Å². The van der Waals surface area contributed by atoms with Gasteiger partial charge in [0.1, 0.15) is 23.9 Å². The molecule has 1 aromatic carbocycles. The molecule has 1 heterocycles. The normalized spacial score (nSPS) is 14.1. The van der Waals surface area contributed by atoms with Gasteiger partial charge in [-0.1, -0.05) is 18.6 Å². The lowest BCUT2D eigenvalue weighted by molar-refractivity contribution is -0.143. The topological polar surface area (TPSA) is 246 Å². The quantitative estimate of drug-likeness (QED) is 0.106. The van der Waals surface area contributed by atoms with E-state index in [1.165, 1.54) is 36.8 Å². The maximum Gasteiger partial charge on any atom is 0.328 e. The van der Waals surface area contributed by atoms with Crippen LogP contribution in [0.5, 0.6) is 5.75 Å². The van der Waals surface area contributed by atoms with Crippen molar-refractivity contribution in [3.8, 4) is 5.75 Å². The zero-order valence-electron chi connectivity index (χ0n) is 20.8. The molecule has 38 heavy (non-hydrogen) atoms. The molecule has 0 radical (unpaired) electrons. The number of benzene rings is 1. The van der Waals surface area contributed by atoms with E-state index in [2.05, 4.69) is 25.9 Å². The second-order valence-corrected chi connectivity index (χ2v) is 8.75. The molecule has 4 unspecified atom stereocenters. The standard InChI is InChI=1S/C24H35N7O7/c25-8-2-1-3-17(26)21(34)29-19(10-15-11-27-13-28-15)23(36)30-18(9-14-4-6-16(33)7-5-14)22(35)31-20(12-32)24(37)38/h4-7,11,13,17-20,32-33H,1-3,8-10,12,25-26H2,(H,27,28)(H,29,34)(H,30,36)(H,31,35)(H,37,38). The van der Waals surface area contributed by atoms with E-state index in [1.807, 2.05) is 0 Å². The molecule has 0 saturated heterocycles. The number of phenolic OH excluding ortho intramolecular Hbond substituents is 1. The van der Waals surface area contributed by atoms with E-state index in [0.29, 0.717) is 37.1 Å². The van der Waals surface area contributed by atoms with Gasteiger partial charge in [0.15, 0.2) is 0 Å². The number of hydrogen-bond donors (Lipinski definition) is 9. The summed E-state index contributed by atoms with van der Waals surface area (Å²) in [5, 5.41) is 35.4. The number of nitrogens with two attached hydrogens (primary N) is 2. The minimum absolute atomic E-state index is 0.00450. The third kappa shape index (κ3) is 9.80. The third-order valence-electron chi connectivity index (χ3n) is 5.72. The van der Waals surface area contributed by atoms with Gasteiger partial charge in [-0.3, -0.25) is 14.4 Å². The largest absolute Gasteiger partial charge is 0.508 e. The number of nitrogens with one attached hydrogen (secondary N) is 4. The highest BCUT2D eigenvalue weighted by atomic mass is 16.4. The van der Waals surface area contributed by atoms with Crippen LogP contribution in [0.4, 0.5) is 0 Å². The molecule has 0 saturated carbocycles. The smallest absolute Gasteiger partial charge is 0.328 e.